The molecule has 1 fully saturated rings. The number of hydrogen-bond donors (Lipinski definition) is 1. The quantitative estimate of drug-likeness (QED) is 0.875. The van der Waals surface area contributed by atoms with E-state index < -0.39 is 0 Å². The van der Waals surface area contributed by atoms with Gasteiger partial charge in [0.1, 0.15) is 6.10 Å². The van der Waals surface area contributed by atoms with Crippen molar-refractivity contribution in [2.75, 3.05) is 20.3 Å². The van der Waals surface area contributed by atoms with Gasteiger partial charge in [-0.3, -0.25) is 0 Å². The van der Waals surface area contributed by atoms with Crippen LogP contribution in [0.4, 0.5) is 0 Å². The molecule has 1 aliphatic rings. The smallest absolute Gasteiger partial charge is 0.175 e. The van der Waals surface area contributed by atoms with Gasteiger partial charge in [-0.15, -0.1) is 0 Å². The highest BCUT2D eigenvalue weighted by molar-refractivity contribution is 9.10. The first-order valence-corrected chi connectivity index (χ1v) is 8.04. The summed E-state index contributed by atoms with van der Waals surface area (Å²) in [7, 11) is 1.67. The van der Waals surface area contributed by atoms with Gasteiger partial charge >= 0.3 is 0 Å². The lowest BCUT2D eigenvalue weighted by Crippen LogP contribution is -2.35. The van der Waals surface area contributed by atoms with Crippen LogP contribution in [0.3, 0.4) is 0 Å². The number of halogens is 1. The van der Waals surface area contributed by atoms with E-state index in [2.05, 4.69) is 48.1 Å². The topological polar surface area (TPSA) is 39.7 Å². The first kappa shape index (κ1) is 16.6. The van der Waals surface area contributed by atoms with E-state index in [0.29, 0.717) is 6.61 Å². The van der Waals surface area contributed by atoms with Gasteiger partial charge < -0.3 is 19.5 Å². The third-order valence-corrected chi connectivity index (χ3v) is 3.87. The zero-order valence-electron chi connectivity index (χ0n) is 13.2. The van der Waals surface area contributed by atoms with E-state index in [9.17, 15) is 0 Å². The van der Waals surface area contributed by atoms with Crippen molar-refractivity contribution in [3.63, 3.8) is 0 Å². The lowest BCUT2D eigenvalue weighted by molar-refractivity contribution is 0.138. The lowest BCUT2D eigenvalue weighted by atomic mass is 10.1. The second-order valence-electron chi connectivity index (χ2n) is 6.32. The van der Waals surface area contributed by atoms with Crippen molar-refractivity contribution >= 4 is 15.9 Å². The zero-order chi connectivity index (χ0) is 15.5. The summed E-state index contributed by atoms with van der Waals surface area (Å²) in [5, 5.41) is 3.47. The average molecular weight is 358 g/mol. The Hall–Kier alpha value is -0.780. The highest BCUT2D eigenvalue weighted by Crippen LogP contribution is 2.38. The molecule has 1 aromatic carbocycles. The lowest BCUT2D eigenvalue weighted by Gasteiger charge is -2.22. The molecule has 1 aliphatic heterocycles. The summed E-state index contributed by atoms with van der Waals surface area (Å²) >= 11 is 3.59. The first-order valence-electron chi connectivity index (χ1n) is 7.25. The maximum atomic E-state index is 6.01. The molecule has 21 heavy (non-hydrogen) atoms. The minimum absolute atomic E-state index is 0.0794. The van der Waals surface area contributed by atoms with Crippen molar-refractivity contribution in [1.82, 2.24) is 5.32 Å². The Labute approximate surface area is 135 Å². The molecule has 1 N–H and O–H groups in total. The molecule has 0 amide bonds. The van der Waals surface area contributed by atoms with E-state index in [-0.39, 0.29) is 11.6 Å². The van der Waals surface area contributed by atoms with Crippen molar-refractivity contribution in [2.45, 2.75) is 45.4 Å². The van der Waals surface area contributed by atoms with Gasteiger partial charge in [0.2, 0.25) is 0 Å². The number of ether oxygens (including phenoxy) is 3. The fourth-order valence-electron chi connectivity index (χ4n) is 2.13. The largest absolute Gasteiger partial charge is 0.493 e. The molecule has 1 saturated heterocycles. The fourth-order valence-corrected chi connectivity index (χ4v) is 2.71. The number of nitrogens with one attached hydrogen (secondary N) is 1. The van der Waals surface area contributed by atoms with Crippen molar-refractivity contribution in [3.05, 3.63) is 22.2 Å². The van der Waals surface area contributed by atoms with Crippen LogP contribution < -0.4 is 14.8 Å². The van der Waals surface area contributed by atoms with E-state index in [4.69, 9.17) is 14.2 Å². The minimum atomic E-state index is 0.0794. The molecule has 1 heterocycles. The molecule has 0 spiro atoms. The fraction of sp³-hybridized carbons (Fsp3) is 0.625. The molecule has 0 aromatic heterocycles. The molecule has 4 nitrogen and oxygen atoms in total. The third-order valence-electron chi connectivity index (χ3n) is 3.28. The molecular formula is C16H24BrNO3. The van der Waals surface area contributed by atoms with Crippen molar-refractivity contribution in [1.29, 1.82) is 0 Å². The third kappa shape index (κ3) is 4.87. The van der Waals surface area contributed by atoms with Gasteiger partial charge in [0.15, 0.2) is 11.5 Å². The molecule has 0 saturated carbocycles. The van der Waals surface area contributed by atoms with Gasteiger partial charge in [-0.1, -0.05) is 0 Å². The van der Waals surface area contributed by atoms with Gasteiger partial charge in [0.05, 0.1) is 24.8 Å². The molecule has 0 aliphatic carbocycles. The second-order valence-corrected chi connectivity index (χ2v) is 7.17. The average Bonchev–Trinajstić information content (AvgIpc) is 2.91. The Kier molecular flexibility index (Phi) is 5.52. The Morgan fingerprint density at radius 2 is 2.14 bits per heavy atom. The first-order chi connectivity index (χ1) is 9.89. The molecule has 1 aromatic rings. The van der Waals surface area contributed by atoms with Crippen LogP contribution in [0.1, 0.15) is 32.8 Å². The SMILES string of the molecule is COc1cc(CNC(C)(C)C)cc(Br)c1OC1CCOC1. The van der Waals surface area contributed by atoms with Gasteiger partial charge in [-0.05, 0) is 54.4 Å². The molecule has 1 unspecified atom stereocenters. The van der Waals surface area contributed by atoms with Crippen LogP contribution in [0.5, 0.6) is 11.5 Å². The Morgan fingerprint density at radius 1 is 1.38 bits per heavy atom. The van der Waals surface area contributed by atoms with E-state index >= 15 is 0 Å². The van der Waals surface area contributed by atoms with E-state index in [1.165, 1.54) is 0 Å². The van der Waals surface area contributed by atoms with Gasteiger partial charge in [0, 0.05) is 18.5 Å². The van der Waals surface area contributed by atoms with Crippen molar-refractivity contribution < 1.29 is 14.2 Å². The van der Waals surface area contributed by atoms with Gasteiger partial charge in [-0.25, -0.2) is 0 Å². The molecular weight excluding hydrogens is 334 g/mol. The van der Waals surface area contributed by atoms with E-state index in [1.54, 1.807) is 7.11 Å². The predicted molar refractivity (Wildman–Crippen MR) is 87.1 cm³/mol. The maximum absolute atomic E-state index is 6.01. The Morgan fingerprint density at radius 3 is 2.71 bits per heavy atom. The number of methoxy groups -OCH3 is 1. The van der Waals surface area contributed by atoms with Crippen LogP contribution in [-0.2, 0) is 11.3 Å². The maximum Gasteiger partial charge on any atom is 0.175 e. The summed E-state index contributed by atoms with van der Waals surface area (Å²) in [5.41, 5.74) is 1.24. The number of rotatable bonds is 5. The van der Waals surface area contributed by atoms with Crippen molar-refractivity contribution in [2.24, 2.45) is 0 Å². The van der Waals surface area contributed by atoms with Gasteiger partial charge in [-0.2, -0.15) is 0 Å². The summed E-state index contributed by atoms with van der Waals surface area (Å²) in [6.07, 6.45) is 1.02. The normalized spacial score (nSPS) is 18.8. The Balaban J connectivity index is 2.14. The molecule has 2 rings (SSSR count). The summed E-state index contributed by atoms with van der Waals surface area (Å²) in [4.78, 5) is 0. The van der Waals surface area contributed by atoms with Gasteiger partial charge in [0.25, 0.3) is 0 Å². The highest BCUT2D eigenvalue weighted by Gasteiger charge is 2.21. The van der Waals surface area contributed by atoms with Crippen LogP contribution in [0.15, 0.2) is 16.6 Å². The zero-order valence-corrected chi connectivity index (χ0v) is 14.7. The monoisotopic (exact) mass is 357 g/mol. The Bertz CT molecular complexity index is 479. The summed E-state index contributed by atoms with van der Waals surface area (Å²) < 4.78 is 17.8. The second kappa shape index (κ2) is 6.99. The predicted octanol–water partition coefficient (Wildman–Crippen LogP) is 3.51. The van der Waals surface area contributed by atoms with E-state index in [0.717, 1.165) is 41.1 Å². The van der Waals surface area contributed by atoms with Crippen LogP contribution in [0.25, 0.3) is 0 Å². The van der Waals surface area contributed by atoms with E-state index in [1.807, 2.05) is 6.07 Å². The number of hydrogen-bond acceptors (Lipinski definition) is 4. The standard InChI is InChI=1S/C16H24BrNO3/c1-16(2,3)18-9-11-7-13(17)15(14(8-11)19-4)21-12-5-6-20-10-12/h7-8,12,18H,5-6,9-10H2,1-4H3. The molecule has 0 radical (unpaired) electrons. The summed E-state index contributed by atoms with van der Waals surface area (Å²) in [5.74, 6) is 1.51. The van der Waals surface area contributed by atoms with Crippen LogP contribution in [-0.4, -0.2) is 32.0 Å². The van der Waals surface area contributed by atoms with Crippen LogP contribution in [0, 0.1) is 0 Å². The summed E-state index contributed by atoms with van der Waals surface area (Å²) in [6.45, 7) is 8.64. The minimum Gasteiger partial charge on any atom is -0.493 e. The molecule has 0 bridgehead atoms. The molecule has 118 valence electrons. The highest BCUT2D eigenvalue weighted by atomic mass is 79.9. The van der Waals surface area contributed by atoms with Crippen molar-refractivity contribution in [3.8, 4) is 11.5 Å². The van der Waals surface area contributed by atoms with Crippen LogP contribution >= 0.6 is 15.9 Å². The summed E-state index contributed by atoms with van der Waals surface area (Å²) in [6, 6.07) is 4.10. The molecule has 1 atom stereocenters. The number of benzene rings is 1. The van der Waals surface area contributed by atoms with Crippen LogP contribution in [0.2, 0.25) is 0 Å². The molecule has 5 heteroatoms.